The van der Waals surface area contributed by atoms with Gasteiger partial charge in [0.05, 0.1) is 0 Å². The van der Waals surface area contributed by atoms with Crippen LogP contribution >= 0.6 is 12.2 Å². The molecule has 1 saturated heterocycles. The fraction of sp³-hybridized carbons (Fsp3) is 0.846. The van der Waals surface area contributed by atoms with Crippen LogP contribution in [-0.2, 0) is 4.79 Å². The molecule has 0 aromatic heterocycles. The first kappa shape index (κ1) is 12.8. The van der Waals surface area contributed by atoms with Crippen molar-refractivity contribution in [3.63, 3.8) is 0 Å². The largest absolute Gasteiger partial charge is 0.332 e. The minimum atomic E-state index is -0.310. The molecule has 0 bridgehead atoms. The lowest BCUT2D eigenvalue weighted by molar-refractivity contribution is -0.134. The molecule has 96 valence electrons. The summed E-state index contributed by atoms with van der Waals surface area (Å²) >= 11 is 5.53. The van der Waals surface area contributed by atoms with Gasteiger partial charge in [0.1, 0.15) is 5.54 Å². The lowest BCUT2D eigenvalue weighted by Gasteiger charge is -2.36. The first-order chi connectivity index (χ1) is 7.92. The van der Waals surface area contributed by atoms with Crippen molar-refractivity contribution in [1.29, 1.82) is 0 Å². The zero-order valence-electron chi connectivity index (χ0n) is 11.2. The normalized spacial score (nSPS) is 23.9. The Hall–Kier alpha value is -0.640. The summed E-state index contributed by atoms with van der Waals surface area (Å²) in [4.78, 5) is 16.7. The fourth-order valence-corrected chi connectivity index (χ4v) is 3.98. The van der Waals surface area contributed by atoms with Crippen LogP contribution in [0.4, 0.5) is 0 Å². The second-order valence-electron chi connectivity index (χ2n) is 5.75. The number of rotatable bonds is 2. The van der Waals surface area contributed by atoms with E-state index < -0.39 is 0 Å². The van der Waals surface area contributed by atoms with Gasteiger partial charge in [0.2, 0.25) is 0 Å². The number of hydrogen-bond acceptors (Lipinski definition) is 2. The molecule has 0 radical (unpaired) electrons. The summed E-state index contributed by atoms with van der Waals surface area (Å²) in [5.41, 5.74) is -0.310. The van der Waals surface area contributed by atoms with Crippen LogP contribution in [0, 0.1) is 0 Å². The summed E-state index contributed by atoms with van der Waals surface area (Å²) in [7, 11) is 0. The van der Waals surface area contributed by atoms with Crippen LogP contribution in [-0.4, -0.2) is 38.4 Å². The van der Waals surface area contributed by atoms with E-state index in [4.69, 9.17) is 12.2 Å². The molecule has 1 heterocycles. The van der Waals surface area contributed by atoms with Gasteiger partial charge < -0.3 is 4.90 Å². The van der Waals surface area contributed by atoms with E-state index >= 15 is 0 Å². The van der Waals surface area contributed by atoms with Crippen molar-refractivity contribution in [2.45, 2.75) is 71.0 Å². The molecular weight excluding hydrogens is 232 g/mol. The molecule has 0 unspecified atom stereocenters. The maximum atomic E-state index is 12.7. The number of thiocarbonyl (C=S) groups is 1. The molecule has 1 spiro atoms. The highest BCUT2D eigenvalue weighted by atomic mass is 32.1. The standard InChI is InChI=1S/C13H22N2OS/c1-9(2)14-11(16)13(7-5-6-8-13)15(10(3)4)12(14)17/h9-10H,5-8H2,1-4H3. The topological polar surface area (TPSA) is 23.6 Å². The molecular formula is C13H22N2OS. The van der Waals surface area contributed by atoms with E-state index in [0.29, 0.717) is 6.04 Å². The van der Waals surface area contributed by atoms with Gasteiger partial charge >= 0.3 is 0 Å². The summed E-state index contributed by atoms with van der Waals surface area (Å²) in [5, 5.41) is 0.738. The molecule has 2 rings (SSSR count). The molecule has 4 heteroatoms. The van der Waals surface area contributed by atoms with Crippen molar-refractivity contribution in [2.75, 3.05) is 0 Å². The third-order valence-electron chi connectivity index (χ3n) is 3.95. The number of carbonyl (C=O) groups is 1. The Bertz CT molecular complexity index is 345. The van der Waals surface area contributed by atoms with Crippen molar-refractivity contribution in [1.82, 2.24) is 9.80 Å². The van der Waals surface area contributed by atoms with E-state index in [9.17, 15) is 4.79 Å². The number of carbonyl (C=O) groups excluding carboxylic acids is 1. The Morgan fingerprint density at radius 1 is 1.12 bits per heavy atom. The summed E-state index contributed by atoms with van der Waals surface area (Å²) in [6.07, 6.45) is 4.22. The van der Waals surface area contributed by atoms with Crippen molar-refractivity contribution in [3.8, 4) is 0 Å². The maximum Gasteiger partial charge on any atom is 0.254 e. The third-order valence-corrected chi connectivity index (χ3v) is 4.35. The molecule has 0 atom stereocenters. The number of hydrogen-bond donors (Lipinski definition) is 0. The monoisotopic (exact) mass is 254 g/mol. The van der Waals surface area contributed by atoms with Gasteiger partial charge in [-0.05, 0) is 52.8 Å². The van der Waals surface area contributed by atoms with E-state index in [-0.39, 0.29) is 17.5 Å². The third kappa shape index (κ3) is 1.68. The van der Waals surface area contributed by atoms with E-state index in [1.165, 1.54) is 0 Å². The van der Waals surface area contributed by atoms with Gasteiger partial charge in [0.15, 0.2) is 5.11 Å². The molecule has 0 aromatic carbocycles. The summed E-state index contributed by atoms with van der Waals surface area (Å²) in [5.74, 6) is 0.240. The quantitative estimate of drug-likeness (QED) is 0.708. The predicted molar refractivity (Wildman–Crippen MR) is 72.8 cm³/mol. The van der Waals surface area contributed by atoms with Gasteiger partial charge in [-0.25, -0.2) is 0 Å². The molecule has 2 aliphatic rings. The molecule has 0 aromatic rings. The van der Waals surface area contributed by atoms with Crippen LogP contribution < -0.4 is 0 Å². The molecule has 0 N–H and O–H groups in total. The molecule has 2 fully saturated rings. The van der Waals surface area contributed by atoms with Crippen LogP contribution in [0.5, 0.6) is 0 Å². The highest BCUT2D eigenvalue weighted by Gasteiger charge is 2.57. The van der Waals surface area contributed by atoms with Gasteiger partial charge in [-0.3, -0.25) is 9.69 Å². The van der Waals surface area contributed by atoms with Crippen LogP contribution in [0.1, 0.15) is 53.4 Å². The van der Waals surface area contributed by atoms with Crippen LogP contribution in [0.3, 0.4) is 0 Å². The summed E-state index contributed by atoms with van der Waals surface area (Å²) in [6.45, 7) is 8.33. The molecule has 1 aliphatic heterocycles. The Morgan fingerprint density at radius 3 is 2.06 bits per heavy atom. The molecule has 1 aliphatic carbocycles. The summed E-state index contributed by atoms with van der Waals surface area (Å²) in [6, 6.07) is 0.463. The van der Waals surface area contributed by atoms with Gasteiger partial charge in [-0.1, -0.05) is 12.8 Å². The van der Waals surface area contributed by atoms with Crippen LogP contribution in [0.15, 0.2) is 0 Å². The maximum absolute atomic E-state index is 12.7. The van der Waals surface area contributed by atoms with Gasteiger partial charge in [-0.2, -0.15) is 0 Å². The second-order valence-corrected chi connectivity index (χ2v) is 6.12. The summed E-state index contributed by atoms with van der Waals surface area (Å²) < 4.78 is 0. The van der Waals surface area contributed by atoms with Gasteiger partial charge in [0, 0.05) is 12.1 Å². The Balaban J connectivity index is 2.43. The van der Waals surface area contributed by atoms with Crippen molar-refractivity contribution < 1.29 is 4.79 Å². The van der Waals surface area contributed by atoms with Crippen molar-refractivity contribution >= 4 is 23.2 Å². The number of nitrogens with zero attached hydrogens (tertiary/aromatic N) is 2. The predicted octanol–water partition coefficient (Wildman–Crippen LogP) is 2.55. The van der Waals surface area contributed by atoms with E-state index in [0.717, 1.165) is 30.8 Å². The van der Waals surface area contributed by atoms with Gasteiger partial charge in [-0.15, -0.1) is 0 Å². The Morgan fingerprint density at radius 2 is 1.65 bits per heavy atom. The fourth-order valence-electron chi connectivity index (χ4n) is 3.30. The highest BCUT2D eigenvalue weighted by Crippen LogP contribution is 2.43. The Labute approximate surface area is 109 Å². The average molecular weight is 254 g/mol. The minimum Gasteiger partial charge on any atom is -0.332 e. The highest BCUT2D eigenvalue weighted by molar-refractivity contribution is 7.80. The van der Waals surface area contributed by atoms with Crippen molar-refractivity contribution in [2.24, 2.45) is 0 Å². The first-order valence-electron chi connectivity index (χ1n) is 6.59. The Kier molecular flexibility index (Phi) is 3.19. The molecule has 1 saturated carbocycles. The number of amides is 1. The van der Waals surface area contributed by atoms with Crippen LogP contribution in [0.25, 0.3) is 0 Å². The zero-order valence-corrected chi connectivity index (χ0v) is 12.0. The molecule has 1 amide bonds. The molecule has 3 nitrogen and oxygen atoms in total. The minimum absolute atomic E-state index is 0.163. The van der Waals surface area contributed by atoms with Gasteiger partial charge in [0.25, 0.3) is 5.91 Å². The van der Waals surface area contributed by atoms with Crippen LogP contribution in [0.2, 0.25) is 0 Å². The zero-order chi connectivity index (χ0) is 12.8. The lowest BCUT2D eigenvalue weighted by Crippen LogP contribution is -2.50. The van der Waals surface area contributed by atoms with E-state index in [1.807, 2.05) is 18.7 Å². The van der Waals surface area contributed by atoms with Crippen molar-refractivity contribution in [3.05, 3.63) is 0 Å². The average Bonchev–Trinajstić information content (AvgIpc) is 2.73. The van der Waals surface area contributed by atoms with E-state index in [2.05, 4.69) is 18.7 Å². The SMILES string of the molecule is CC(C)N1C(=O)C2(CCCC2)N(C(C)C)C1=S. The second kappa shape index (κ2) is 4.23. The first-order valence-corrected chi connectivity index (χ1v) is 6.99. The van der Waals surface area contributed by atoms with E-state index in [1.54, 1.807) is 0 Å². The molecule has 17 heavy (non-hydrogen) atoms. The smallest absolute Gasteiger partial charge is 0.254 e. The lowest BCUT2D eigenvalue weighted by atomic mass is 9.94.